The first-order valence-electron chi connectivity index (χ1n) is 11.2. The van der Waals surface area contributed by atoms with Gasteiger partial charge >= 0.3 is 5.97 Å². The number of anilines is 1. The lowest BCUT2D eigenvalue weighted by Crippen LogP contribution is -2.29. The molecule has 2 amide bonds. The van der Waals surface area contributed by atoms with E-state index in [1.807, 2.05) is 6.07 Å². The van der Waals surface area contributed by atoms with E-state index in [1.165, 1.54) is 26.4 Å². The van der Waals surface area contributed by atoms with E-state index >= 15 is 0 Å². The first-order chi connectivity index (χ1) is 16.4. The molecule has 0 spiro atoms. The van der Waals surface area contributed by atoms with Gasteiger partial charge in [0, 0.05) is 29.6 Å². The Morgan fingerprint density at radius 1 is 1.00 bits per heavy atom. The fourth-order valence-electron chi connectivity index (χ4n) is 3.85. The second kappa shape index (κ2) is 12.3. The van der Waals surface area contributed by atoms with E-state index in [0.29, 0.717) is 16.5 Å². The van der Waals surface area contributed by atoms with Gasteiger partial charge in [0.2, 0.25) is 5.91 Å². The number of hydrogen-bond acceptors (Lipinski definition) is 6. The minimum absolute atomic E-state index is 0.0701. The first-order valence-corrected chi connectivity index (χ1v) is 11.5. The summed E-state index contributed by atoms with van der Waals surface area (Å²) in [4.78, 5) is 37.9. The smallest absolute Gasteiger partial charge is 0.340 e. The van der Waals surface area contributed by atoms with Crippen molar-refractivity contribution in [1.82, 2.24) is 5.32 Å². The molecule has 1 saturated carbocycles. The van der Waals surface area contributed by atoms with Crippen LogP contribution in [-0.2, 0) is 20.9 Å². The number of hydrogen-bond donors (Lipinski definition) is 2. The number of benzene rings is 2. The summed E-state index contributed by atoms with van der Waals surface area (Å²) in [6.45, 7) is -0.289. The van der Waals surface area contributed by atoms with Gasteiger partial charge in [0.25, 0.3) is 5.91 Å². The van der Waals surface area contributed by atoms with Crippen molar-refractivity contribution in [3.05, 3.63) is 52.5 Å². The summed E-state index contributed by atoms with van der Waals surface area (Å²) in [5, 5.41) is 6.03. The topological polar surface area (TPSA) is 103 Å². The molecule has 2 aromatic rings. The quantitative estimate of drug-likeness (QED) is 0.509. The molecule has 0 heterocycles. The van der Waals surface area contributed by atoms with Crippen molar-refractivity contribution >= 4 is 35.1 Å². The van der Waals surface area contributed by atoms with E-state index in [9.17, 15) is 14.4 Å². The highest BCUT2D eigenvalue weighted by Crippen LogP contribution is 2.35. The van der Waals surface area contributed by atoms with Crippen LogP contribution in [0.4, 0.5) is 5.69 Å². The van der Waals surface area contributed by atoms with Crippen molar-refractivity contribution in [1.29, 1.82) is 0 Å². The molecule has 0 aromatic heterocycles. The molecule has 34 heavy (non-hydrogen) atoms. The molecular formula is C25H29ClN2O6. The van der Waals surface area contributed by atoms with Crippen LogP contribution in [0.25, 0.3) is 0 Å². The number of esters is 1. The molecule has 0 unspecified atom stereocenters. The van der Waals surface area contributed by atoms with E-state index in [1.54, 1.807) is 18.2 Å². The Labute approximate surface area is 203 Å². The van der Waals surface area contributed by atoms with Crippen molar-refractivity contribution in [2.75, 3.05) is 26.1 Å². The number of ether oxygens (including phenoxy) is 3. The van der Waals surface area contributed by atoms with Crippen molar-refractivity contribution in [3.63, 3.8) is 0 Å². The molecule has 0 radical (unpaired) electrons. The molecule has 0 bridgehead atoms. The minimum atomic E-state index is -0.771. The number of methoxy groups -OCH3 is 2. The number of rotatable bonds is 9. The number of amides is 2. The molecule has 2 N–H and O–H groups in total. The fraction of sp³-hybridized carbons (Fsp3) is 0.400. The van der Waals surface area contributed by atoms with Gasteiger partial charge in [0.1, 0.15) is 0 Å². The van der Waals surface area contributed by atoms with E-state index in [-0.39, 0.29) is 29.6 Å². The number of nitrogens with one attached hydrogen (secondary N) is 2. The molecule has 9 heteroatoms. The van der Waals surface area contributed by atoms with Gasteiger partial charge in [-0.15, -0.1) is 0 Å². The lowest BCUT2D eigenvalue weighted by Gasteiger charge is -2.22. The zero-order valence-electron chi connectivity index (χ0n) is 19.3. The number of carbonyl (C=O) groups is 3. The van der Waals surface area contributed by atoms with E-state index < -0.39 is 18.5 Å². The fourth-order valence-corrected chi connectivity index (χ4v) is 4.05. The maximum Gasteiger partial charge on any atom is 0.340 e. The van der Waals surface area contributed by atoms with Crippen LogP contribution in [0.3, 0.4) is 0 Å². The Balaban J connectivity index is 1.69. The summed E-state index contributed by atoms with van der Waals surface area (Å²) in [5.74, 6) is -0.863. The van der Waals surface area contributed by atoms with Crippen LogP contribution in [0.5, 0.6) is 11.5 Å². The Morgan fingerprint density at radius 3 is 2.35 bits per heavy atom. The third kappa shape index (κ3) is 6.63. The van der Waals surface area contributed by atoms with Crippen LogP contribution >= 0.6 is 11.6 Å². The molecule has 8 nitrogen and oxygen atoms in total. The Hall–Kier alpha value is -3.26. The maximum atomic E-state index is 12.9. The van der Waals surface area contributed by atoms with Gasteiger partial charge in [-0.3, -0.25) is 9.59 Å². The highest BCUT2D eigenvalue weighted by molar-refractivity contribution is 6.31. The van der Waals surface area contributed by atoms with E-state index in [2.05, 4.69) is 10.6 Å². The van der Waals surface area contributed by atoms with Crippen LogP contribution in [-0.4, -0.2) is 38.6 Å². The average molecular weight is 489 g/mol. The summed E-state index contributed by atoms with van der Waals surface area (Å²) >= 11 is 6.09. The van der Waals surface area contributed by atoms with Crippen LogP contribution < -0.4 is 20.1 Å². The largest absolute Gasteiger partial charge is 0.493 e. The highest BCUT2D eigenvalue weighted by Gasteiger charge is 2.25. The summed E-state index contributed by atoms with van der Waals surface area (Å²) in [5.41, 5.74) is 1.06. The lowest BCUT2D eigenvalue weighted by atomic mass is 9.88. The summed E-state index contributed by atoms with van der Waals surface area (Å²) in [6, 6.07) is 10.1. The maximum absolute atomic E-state index is 12.9. The van der Waals surface area contributed by atoms with E-state index in [0.717, 1.165) is 37.7 Å². The van der Waals surface area contributed by atoms with Gasteiger partial charge in [-0.25, -0.2) is 4.79 Å². The second-order valence-corrected chi connectivity index (χ2v) is 8.43. The summed E-state index contributed by atoms with van der Waals surface area (Å²) in [6.07, 6.45) is 4.75. The Bertz CT molecular complexity index is 1040. The van der Waals surface area contributed by atoms with Crippen LogP contribution in [0.15, 0.2) is 36.4 Å². The third-order valence-electron chi connectivity index (χ3n) is 5.75. The summed E-state index contributed by atoms with van der Waals surface area (Å²) < 4.78 is 15.8. The van der Waals surface area contributed by atoms with Crippen molar-refractivity contribution in [2.24, 2.45) is 5.92 Å². The first kappa shape index (κ1) is 25.4. The van der Waals surface area contributed by atoms with Crippen LogP contribution in [0.2, 0.25) is 5.02 Å². The second-order valence-electron chi connectivity index (χ2n) is 8.02. The monoisotopic (exact) mass is 488 g/mol. The molecule has 0 atom stereocenters. The predicted molar refractivity (Wildman–Crippen MR) is 128 cm³/mol. The molecule has 2 aromatic carbocycles. The van der Waals surface area contributed by atoms with Gasteiger partial charge in [0.15, 0.2) is 18.1 Å². The summed E-state index contributed by atoms with van der Waals surface area (Å²) in [7, 11) is 2.90. The van der Waals surface area contributed by atoms with Gasteiger partial charge in [-0.1, -0.05) is 49.1 Å². The Kier molecular flexibility index (Phi) is 9.16. The van der Waals surface area contributed by atoms with Gasteiger partial charge in [-0.05, 0) is 24.5 Å². The van der Waals surface area contributed by atoms with Crippen LogP contribution in [0.1, 0.15) is 48.0 Å². The van der Waals surface area contributed by atoms with Gasteiger partial charge in [-0.2, -0.15) is 0 Å². The molecule has 0 saturated heterocycles. The third-order valence-corrected chi connectivity index (χ3v) is 6.11. The molecule has 182 valence electrons. The standard InChI is InChI=1S/C25H29ClN2O6/c1-32-21-12-18(20(13-22(21)33-2)28-24(30)16-8-4-3-5-9-16)25(31)34-15-23(29)27-14-17-10-6-7-11-19(17)26/h6-7,10-13,16H,3-5,8-9,14-15H2,1-2H3,(H,27,29)(H,28,30). The minimum Gasteiger partial charge on any atom is -0.493 e. The Morgan fingerprint density at radius 2 is 1.68 bits per heavy atom. The molecule has 1 aliphatic rings. The van der Waals surface area contributed by atoms with Crippen LogP contribution in [0, 0.1) is 5.92 Å². The van der Waals surface area contributed by atoms with Crippen molar-refractivity contribution < 1.29 is 28.6 Å². The average Bonchev–Trinajstić information content (AvgIpc) is 2.86. The van der Waals surface area contributed by atoms with Gasteiger partial charge < -0.3 is 24.8 Å². The highest BCUT2D eigenvalue weighted by atomic mass is 35.5. The molecule has 0 aliphatic heterocycles. The number of halogens is 1. The predicted octanol–water partition coefficient (Wildman–Crippen LogP) is 4.35. The van der Waals surface area contributed by atoms with Crippen molar-refractivity contribution in [3.8, 4) is 11.5 Å². The van der Waals surface area contributed by atoms with Crippen molar-refractivity contribution in [2.45, 2.75) is 38.6 Å². The molecule has 3 rings (SSSR count). The van der Waals surface area contributed by atoms with E-state index in [4.69, 9.17) is 25.8 Å². The number of carbonyl (C=O) groups excluding carboxylic acids is 3. The molecule has 1 aliphatic carbocycles. The normalized spacial score (nSPS) is 13.6. The molecule has 1 fully saturated rings. The SMILES string of the molecule is COc1cc(NC(=O)C2CCCCC2)c(C(=O)OCC(=O)NCc2ccccc2Cl)cc1OC. The lowest BCUT2D eigenvalue weighted by molar-refractivity contribution is -0.124. The zero-order valence-corrected chi connectivity index (χ0v) is 20.1. The zero-order chi connectivity index (χ0) is 24.5. The van der Waals surface area contributed by atoms with Gasteiger partial charge in [0.05, 0.1) is 25.5 Å². The molecular weight excluding hydrogens is 460 g/mol.